The zero-order chi connectivity index (χ0) is 15.6. The van der Waals surface area contributed by atoms with Crippen molar-refractivity contribution in [1.29, 1.82) is 0 Å². The van der Waals surface area contributed by atoms with Gasteiger partial charge in [-0.3, -0.25) is 4.79 Å². The molecule has 0 aliphatic carbocycles. The average Bonchev–Trinajstić information content (AvgIpc) is 2.45. The van der Waals surface area contributed by atoms with Gasteiger partial charge in [-0.1, -0.05) is 30.3 Å². The number of ketones is 1. The molecule has 0 bridgehead atoms. The summed E-state index contributed by atoms with van der Waals surface area (Å²) in [6.45, 7) is 0. The lowest BCUT2D eigenvalue weighted by Crippen LogP contribution is -2.26. The number of hydrogen-bond donors (Lipinski definition) is 0. The number of hydrogen-bond acceptors (Lipinski definition) is 4. The van der Waals surface area contributed by atoms with Crippen LogP contribution < -0.4 is 4.90 Å². The molecule has 0 N–H and O–H groups in total. The van der Waals surface area contributed by atoms with E-state index < -0.39 is 17.5 Å². The molecule has 0 saturated carbocycles. The molecule has 0 saturated heterocycles. The predicted molar refractivity (Wildman–Crippen MR) is 72.2 cm³/mol. The van der Waals surface area contributed by atoms with Crippen molar-refractivity contribution in [2.24, 2.45) is 0 Å². The van der Waals surface area contributed by atoms with Gasteiger partial charge < -0.3 is 4.90 Å². The minimum absolute atomic E-state index is 0.0637. The maximum absolute atomic E-state index is 12.6. The summed E-state index contributed by atoms with van der Waals surface area (Å²) in [5.74, 6) is -1.75. The molecule has 0 aliphatic rings. The number of rotatable bonds is 3. The first kappa shape index (κ1) is 15.0. The van der Waals surface area contributed by atoms with Gasteiger partial charge in [0.2, 0.25) is 0 Å². The topological polar surface area (TPSA) is 46.1 Å². The summed E-state index contributed by atoms with van der Waals surface area (Å²) in [6.07, 6.45) is -4.04. The van der Waals surface area contributed by atoms with E-state index in [1.807, 2.05) is 0 Å². The van der Waals surface area contributed by atoms with Crippen molar-refractivity contribution in [2.75, 3.05) is 19.0 Å². The number of carbonyl (C=O) groups is 1. The van der Waals surface area contributed by atoms with Gasteiger partial charge in [-0.05, 0) is 0 Å². The third-order valence-electron chi connectivity index (χ3n) is 2.73. The molecule has 1 heterocycles. The van der Waals surface area contributed by atoms with Crippen LogP contribution in [0.15, 0.2) is 36.5 Å². The van der Waals surface area contributed by atoms with Crippen LogP contribution >= 0.6 is 0 Å². The lowest BCUT2D eigenvalue weighted by Gasteiger charge is -2.17. The Bertz CT molecular complexity index is 654. The quantitative estimate of drug-likeness (QED) is 0.817. The molecule has 0 spiro atoms. The molecule has 0 amide bonds. The van der Waals surface area contributed by atoms with Crippen LogP contribution in [0.5, 0.6) is 0 Å². The second kappa shape index (κ2) is 5.51. The Morgan fingerprint density at radius 1 is 1.14 bits per heavy atom. The normalized spacial score (nSPS) is 11.3. The zero-order valence-corrected chi connectivity index (χ0v) is 11.3. The smallest absolute Gasteiger partial charge is 0.362 e. The van der Waals surface area contributed by atoms with Gasteiger partial charge in [-0.15, -0.1) is 0 Å². The van der Waals surface area contributed by atoms with Crippen molar-refractivity contribution in [3.63, 3.8) is 0 Å². The molecule has 0 unspecified atom stereocenters. The van der Waals surface area contributed by atoms with Crippen molar-refractivity contribution in [2.45, 2.75) is 6.18 Å². The molecule has 21 heavy (non-hydrogen) atoms. The molecule has 1 aromatic carbocycles. The Morgan fingerprint density at radius 2 is 1.76 bits per heavy atom. The lowest BCUT2D eigenvalue weighted by molar-refractivity contribution is -0.0885. The van der Waals surface area contributed by atoms with Gasteiger partial charge in [-0.25, -0.2) is 9.97 Å². The molecular weight excluding hydrogens is 283 g/mol. The summed E-state index contributed by atoms with van der Waals surface area (Å²) in [4.78, 5) is 20.7. The van der Waals surface area contributed by atoms with Crippen LogP contribution in [0.2, 0.25) is 0 Å². The minimum atomic E-state index is -4.96. The van der Waals surface area contributed by atoms with Crippen LogP contribution in [0.1, 0.15) is 10.4 Å². The molecule has 7 heteroatoms. The van der Waals surface area contributed by atoms with Crippen molar-refractivity contribution in [3.8, 4) is 11.4 Å². The largest absolute Gasteiger partial charge is 0.455 e. The Morgan fingerprint density at radius 3 is 2.29 bits per heavy atom. The van der Waals surface area contributed by atoms with E-state index in [-0.39, 0.29) is 11.6 Å². The van der Waals surface area contributed by atoms with E-state index in [2.05, 4.69) is 9.97 Å². The highest BCUT2D eigenvalue weighted by molar-refractivity contribution is 6.04. The van der Waals surface area contributed by atoms with Crippen LogP contribution in [0, 0.1) is 0 Å². The molecule has 2 aromatic rings. The van der Waals surface area contributed by atoms with E-state index in [4.69, 9.17) is 0 Å². The third-order valence-corrected chi connectivity index (χ3v) is 2.73. The molecule has 1 aromatic heterocycles. The highest BCUT2D eigenvalue weighted by Gasteiger charge is 2.41. The van der Waals surface area contributed by atoms with E-state index in [9.17, 15) is 18.0 Å². The first-order valence-corrected chi connectivity index (χ1v) is 6.02. The monoisotopic (exact) mass is 295 g/mol. The first-order valence-electron chi connectivity index (χ1n) is 6.02. The van der Waals surface area contributed by atoms with Gasteiger partial charge in [0.25, 0.3) is 5.78 Å². The molecule has 0 atom stereocenters. The van der Waals surface area contributed by atoms with Crippen molar-refractivity contribution in [1.82, 2.24) is 9.97 Å². The molecular formula is C14H12F3N3O. The van der Waals surface area contributed by atoms with Gasteiger partial charge in [0, 0.05) is 25.9 Å². The molecule has 0 fully saturated rings. The molecule has 0 radical (unpaired) electrons. The van der Waals surface area contributed by atoms with E-state index in [0.717, 1.165) is 6.20 Å². The second-order valence-corrected chi connectivity index (χ2v) is 4.52. The summed E-state index contributed by atoms with van der Waals surface area (Å²) in [6, 6.07) is 8.81. The Labute approximate surface area is 119 Å². The van der Waals surface area contributed by atoms with Gasteiger partial charge in [-0.2, -0.15) is 13.2 Å². The molecule has 110 valence electrons. The molecule has 0 aliphatic heterocycles. The standard InChI is InChI=1S/C14H12F3N3O/c1-20(2)13-10(11(21)14(15,16)17)8-18-12(19-13)9-6-4-3-5-7-9/h3-8H,1-2H3. The number of anilines is 1. The number of nitrogens with zero attached hydrogens (tertiary/aromatic N) is 3. The minimum Gasteiger partial charge on any atom is -0.362 e. The summed E-state index contributed by atoms with van der Waals surface area (Å²) in [5.41, 5.74) is 0.0961. The van der Waals surface area contributed by atoms with Crippen molar-refractivity contribution in [3.05, 3.63) is 42.1 Å². The molecule has 2 rings (SSSR count). The van der Waals surface area contributed by atoms with Crippen LogP contribution in [-0.2, 0) is 0 Å². The number of halogens is 3. The first-order chi connectivity index (χ1) is 9.80. The maximum Gasteiger partial charge on any atom is 0.455 e. The number of Topliss-reactive ketones (excluding diaryl/α,β-unsaturated/α-hetero) is 1. The Balaban J connectivity index is 2.53. The summed E-state index contributed by atoms with van der Waals surface area (Å²) < 4.78 is 37.7. The fourth-order valence-corrected chi connectivity index (χ4v) is 1.75. The number of benzene rings is 1. The van der Waals surface area contributed by atoms with Crippen molar-refractivity contribution < 1.29 is 18.0 Å². The summed E-state index contributed by atoms with van der Waals surface area (Å²) in [5, 5.41) is 0. The average molecular weight is 295 g/mol. The van der Waals surface area contributed by atoms with Gasteiger partial charge >= 0.3 is 6.18 Å². The number of aromatic nitrogens is 2. The Hall–Kier alpha value is -2.44. The highest BCUT2D eigenvalue weighted by Crippen LogP contribution is 2.27. The van der Waals surface area contributed by atoms with E-state index >= 15 is 0 Å². The van der Waals surface area contributed by atoms with Crippen LogP contribution in [-0.4, -0.2) is 36.0 Å². The van der Waals surface area contributed by atoms with E-state index in [1.165, 1.54) is 19.0 Å². The predicted octanol–water partition coefficient (Wildman–Crippen LogP) is 2.95. The lowest BCUT2D eigenvalue weighted by atomic mass is 10.1. The van der Waals surface area contributed by atoms with Crippen LogP contribution in [0.3, 0.4) is 0 Å². The van der Waals surface area contributed by atoms with Crippen LogP contribution in [0.25, 0.3) is 11.4 Å². The number of alkyl halides is 3. The zero-order valence-electron chi connectivity index (χ0n) is 11.3. The Kier molecular flexibility index (Phi) is 3.93. The fourth-order valence-electron chi connectivity index (χ4n) is 1.75. The van der Waals surface area contributed by atoms with Gasteiger partial charge in [0.05, 0.1) is 5.56 Å². The third kappa shape index (κ3) is 3.18. The van der Waals surface area contributed by atoms with E-state index in [0.29, 0.717) is 5.56 Å². The second-order valence-electron chi connectivity index (χ2n) is 4.52. The highest BCUT2D eigenvalue weighted by atomic mass is 19.4. The summed E-state index contributed by atoms with van der Waals surface area (Å²) in [7, 11) is 3.04. The van der Waals surface area contributed by atoms with Gasteiger partial charge in [0.1, 0.15) is 5.82 Å². The van der Waals surface area contributed by atoms with E-state index in [1.54, 1.807) is 30.3 Å². The van der Waals surface area contributed by atoms with Crippen LogP contribution in [0.4, 0.5) is 19.0 Å². The molecule has 4 nitrogen and oxygen atoms in total. The SMILES string of the molecule is CN(C)c1nc(-c2ccccc2)ncc1C(=O)C(F)(F)F. The maximum atomic E-state index is 12.6. The van der Waals surface area contributed by atoms with Gasteiger partial charge in [0.15, 0.2) is 5.82 Å². The summed E-state index contributed by atoms with van der Waals surface area (Å²) >= 11 is 0. The number of carbonyl (C=O) groups excluding carboxylic acids is 1. The fraction of sp³-hybridized carbons (Fsp3) is 0.214. The van der Waals surface area contributed by atoms with Crippen molar-refractivity contribution >= 4 is 11.6 Å².